The van der Waals surface area contributed by atoms with Gasteiger partial charge in [0.25, 0.3) is 0 Å². The summed E-state index contributed by atoms with van der Waals surface area (Å²) in [5.74, 6) is 0. The Bertz CT molecular complexity index is 519. The van der Waals surface area contributed by atoms with Crippen LogP contribution in [0.1, 0.15) is 12.0 Å². The molecule has 2 N–H and O–H groups in total. The lowest BCUT2D eigenvalue weighted by Gasteiger charge is -2.12. The van der Waals surface area contributed by atoms with Crippen LogP contribution < -0.4 is 10.6 Å². The standard InChI is InChI=1S/C16H19N3/c1-2-13(11-19-16-6-9-18-12-16)10-15(3-1)14-4-7-17-8-5-14/h1-5,7-8,10,16,18-19H,6,9,11-12H2. The summed E-state index contributed by atoms with van der Waals surface area (Å²) in [4.78, 5) is 4.06. The molecular weight excluding hydrogens is 234 g/mol. The van der Waals surface area contributed by atoms with Crippen LogP contribution in [0.4, 0.5) is 0 Å². The molecule has 2 aromatic rings. The highest BCUT2D eigenvalue weighted by atomic mass is 15.0. The van der Waals surface area contributed by atoms with Crippen LogP contribution in [0, 0.1) is 0 Å². The first-order chi connectivity index (χ1) is 9.42. The molecule has 1 aliphatic rings. The first kappa shape index (κ1) is 12.3. The summed E-state index contributed by atoms with van der Waals surface area (Å²) in [5, 5.41) is 6.98. The van der Waals surface area contributed by atoms with Gasteiger partial charge in [0, 0.05) is 31.5 Å². The van der Waals surface area contributed by atoms with E-state index < -0.39 is 0 Å². The SMILES string of the molecule is c1cc(CNC2CCNC2)cc(-c2ccncc2)c1. The van der Waals surface area contributed by atoms with Gasteiger partial charge < -0.3 is 10.6 Å². The first-order valence-corrected chi connectivity index (χ1v) is 6.85. The molecule has 1 unspecified atom stereocenters. The van der Waals surface area contributed by atoms with Crippen LogP contribution in [0.3, 0.4) is 0 Å². The minimum atomic E-state index is 0.615. The molecule has 0 amide bonds. The fourth-order valence-electron chi connectivity index (χ4n) is 2.50. The van der Waals surface area contributed by atoms with Gasteiger partial charge in [-0.25, -0.2) is 0 Å². The molecule has 3 rings (SSSR count). The van der Waals surface area contributed by atoms with Crippen LogP contribution in [0.25, 0.3) is 11.1 Å². The Labute approximate surface area is 114 Å². The second-order valence-corrected chi connectivity index (χ2v) is 5.01. The molecule has 0 bridgehead atoms. The summed E-state index contributed by atoms with van der Waals surface area (Å²) in [6, 6.07) is 13.4. The van der Waals surface area contributed by atoms with Gasteiger partial charge in [-0.3, -0.25) is 4.98 Å². The Balaban J connectivity index is 1.69. The fourth-order valence-corrected chi connectivity index (χ4v) is 2.50. The molecule has 1 atom stereocenters. The number of benzene rings is 1. The van der Waals surface area contributed by atoms with E-state index in [1.165, 1.54) is 23.1 Å². The number of rotatable bonds is 4. The van der Waals surface area contributed by atoms with Crippen molar-refractivity contribution in [2.24, 2.45) is 0 Å². The Morgan fingerprint density at radius 2 is 2.05 bits per heavy atom. The van der Waals surface area contributed by atoms with E-state index in [0.717, 1.165) is 19.6 Å². The molecule has 1 aromatic carbocycles. The number of hydrogen-bond acceptors (Lipinski definition) is 3. The van der Waals surface area contributed by atoms with Gasteiger partial charge in [-0.2, -0.15) is 0 Å². The van der Waals surface area contributed by atoms with E-state index in [2.05, 4.69) is 39.9 Å². The minimum absolute atomic E-state index is 0.615. The zero-order valence-electron chi connectivity index (χ0n) is 11.0. The van der Waals surface area contributed by atoms with E-state index in [4.69, 9.17) is 0 Å². The monoisotopic (exact) mass is 253 g/mol. The molecule has 1 aromatic heterocycles. The van der Waals surface area contributed by atoms with E-state index in [9.17, 15) is 0 Å². The molecule has 0 radical (unpaired) electrons. The van der Waals surface area contributed by atoms with Gasteiger partial charge in [-0.05, 0) is 47.9 Å². The van der Waals surface area contributed by atoms with E-state index in [1.54, 1.807) is 0 Å². The van der Waals surface area contributed by atoms with Crippen LogP contribution in [0.15, 0.2) is 48.8 Å². The van der Waals surface area contributed by atoms with Crippen molar-refractivity contribution in [1.29, 1.82) is 0 Å². The van der Waals surface area contributed by atoms with Crippen molar-refractivity contribution in [3.05, 3.63) is 54.4 Å². The van der Waals surface area contributed by atoms with Crippen molar-refractivity contribution >= 4 is 0 Å². The van der Waals surface area contributed by atoms with Gasteiger partial charge in [0.15, 0.2) is 0 Å². The van der Waals surface area contributed by atoms with Crippen LogP contribution in [-0.4, -0.2) is 24.1 Å². The van der Waals surface area contributed by atoms with E-state index in [-0.39, 0.29) is 0 Å². The maximum absolute atomic E-state index is 4.06. The molecule has 19 heavy (non-hydrogen) atoms. The van der Waals surface area contributed by atoms with Gasteiger partial charge in [-0.1, -0.05) is 18.2 Å². The molecule has 3 heteroatoms. The molecule has 0 spiro atoms. The Hall–Kier alpha value is -1.71. The normalized spacial score (nSPS) is 18.6. The second-order valence-electron chi connectivity index (χ2n) is 5.01. The molecular formula is C16H19N3. The third kappa shape index (κ3) is 3.19. The summed E-state index contributed by atoms with van der Waals surface area (Å²) < 4.78 is 0. The highest BCUT2D eigenvalue weighted by Gasteiger charge is 2.12. The van der Waals surface area contributed by atoms with Gasteiger partial charge in [0.2, 0.25) is 0 Å². The van der Waals surface area contributed by atoms with E-state index in [1.807, 2.05) is 24.5 Å². The molecule has 1 aliphatic heterocycles. The lowest BCUT2D eigenvalue weighted by Crippen LogP contribution is -2.30. The highest BCUT2D eigenvalue weighted by Crippen LogP contribution is 2.19. The van der Waals surface area contributed by atoms with Crippen molar-refractivity contribution in [3.8, 4) is 11.1 Å². The maximum Gasteiger partial charge on any atom is 0.0273 e. The van der Waals surface area contributed by atoms with Crippen molar-refractivity contribution in [2.75, 3.05) is 13.1 Å². The molecule has 1 fully saturated rings. The largest absolute Gasteiger partial charge is 0.315 e. The van der Waals surface area contributed by atoms with Crippen LogP contribution in [0.5, 0.6) is 0 Å². The summed E-state index contributed by atoms with van der Waals surface area (Å²) >= 11 is 0. The summed E-state index contributed by atoms with van der Waals surface area (Å²) in [5.41, 5.74) is 3.81. The summed E-state index contributed by atoms with van der Waals surface area (Å²) in [6.45, 7) is 3.16. The summed E-state index contributed by atoms with van der Waals surface area (Å²) in [6.07, 6.45) is 4.90. The average molecular weight is 253 g/mol. The Morgan fingerprint density at radius 3 is 2.84 bits per heavy atom. The van der Waals surface area contributed by atoms with Crippen LogP contribution in [-0.2, 0) is 6.54 Å². The van der Waals surface area contributed by atoms with E-state index >= 15 is 0 Å². The number of aromatic nitrogens is 1. The topological polar surface area (TPSA) is 37.0 Å². The lowest BCUT2D eigenvalue weighted by molar-refractivity contribution is 0.547. The minimum Gasteiger partial charge on any atom is -0.315 e. The lowest BCUT2D eigenvalue weighted by atomic mass is 10.0. The van der Waals surface area contributed by atoms with Crippen molar-refractivity contribution in [1.82, 2.24) is 15.6 Å². The zero-order valence-corrected chi connectivity index (χ0v) is 11.0. The second kappa shape index (κ2) is 5.95. The highest BCUT2D eigenvalue weighted by molar-refractivity contribution is 5.63. The molecule has 2 heterocycles. The molecule has 1 saturated heterocycles. The number of pyridine rings is 1. The predicted octanol–water partition coefficient (Wildman–Crippen LogP) is 2.20. The third-order valence-electron chi connectivity index (χ3n) is 3.60. The summed E-state index contributed by atoms with van der Waals surface area (Å²) in [7, 11) is 0. The third-order valence-corrected chi connectivity index (χ3v) is 3.60. The maximum atomic E-state index is 4.06. The number of nitrogens with zero attached hydrogens (tertiary/aromatic N) is 1. The van der Waals surface area contributed by atoms with Crippen molar-refractivity contribution < 1.29 is 0 Å². The smallest absolute Gasteiger partial charge is 0.0273 e. The van der Waals surface area contributed by atoms with Crippen LogP contribution in [0.2, 0.25) is 0 Å². The quantitative estimate of drug-likeness (QED) is 0.877. The molecule has 98 valence electrons. The average Bonchev–Trinajstić information content (AvgIpc) is 3.00. The fraction of sp³-hybridized carbons (Fsp3) is 0.312. The number of hydrogen-bond donors (Lipinski definition) is 2. The van der Waals surface area contributed by atoms with Gasteiger partial charge in [0.1, 0.15) is 0 Å². The Kier molecular flexibility index (Phi) is 3.86. The number of nitrogens with one attached hydrogen (secondary N) is 2. The zero-order chi connectivity index (χ0) is 12.9. The van der Waals surface area contributed by atoms with Gasteiger partial charge in [-0.15, -0.1) is 0 Å². The van der Waals surface area contributed by atoms with Crippen molar-refractivity contribution in [3.63, 3.8) is 0 Å². The van der Waals surface area contributed by atoms with Crippen molar-refractivity contribution in [2.45, 2.75) is 19.0 Å². The molecule has 0 aliphatic carbocycles. The predicted molar refractivity (Wildman–Crippen MR) is 77.8 cm³/mol. The van der Waals surface area contributed by atoms with Gasteiger partial charge in [0.05, 0.1) is 0 Å². The van der Waals surface area contributed by atoms with Gasteiger partial charge >= 0.3 is 0 Å². The Morgan fingerprint density at radius 1 is 1.16 bits per heavy atom. The first-order valence-electron chi connectivity index (χ1n) is 6.85. The molecule has 0 saturated carbocycles. The van der Waals surface area contributed by atoms with Crippen LogP contribution >= 0.6 is 0 Å². The molecule has 3 nitrogen and oxygen atoms in total. The van der Waals surface area contributed by atoms with E-state index in [0.29, 0.717) is 6.04 Å².